The van der Waals surface area contributed by atoms with E-state index in [-0.39, 0.29) is 30.1 Å². The number of benzene rings is 2. The Kier molecular flexibility index (Phi) is 5.91. The van der Waals surface area contributed by atoms with E-state index in [4.69, 9.17) is 9.47 Å². The first kappa shape index (κ1) is 20.4. The van der Waals surface area contributed by atoms with Gasteiger partial charge < -0.3 is 9.47 Å². The lowest BCUT2D eigenvalue weighted by Gasteiger charge is -2.27. The molecule has 2 unspecified atom stereocenters. The van der Waals surface area contributed by atoms with Gasteiger partial charge in [0.15, 0.2) is 5.78 Å². The number of carbonyl (C=O) groups is 2. The minimum atomic E-state index is -1.01. The molecule has 0 heterocycles. The zero-order chi connectivity index (χ0) is 21.1. The van der Waals surface area contributed by atoms with Crippen LogP contribution >= 0.6 is 0 Å². The van der Waals surface area contributed by atoms with Gasteiger partial charge in [-0.2, -0.15) is 0 Å². The third kappa shape index (κ3) is 4.26. The number of Topliss-reactive ketones (excluding diaryl/α,β-unsaturated/α-hetero) is 2. The normalized spacial score (nSPS) is 18.9. The molecule has 1 aliphatic rings. The van der Waals surface area contributed by atoms with Gasteiger partial charge in [-0.1, -0.05) is 0 Å². The third-order valence-electron chi connectivity index (χ3n) is 5.22. The number of carbonyl (C=O) groups excluding carboxylic acids is 2. The van der Waals surface area contributed by atoms with E-state index in [9.17, 15) is 24.1 Å². The predicted octanol–water partition coefficient (Wildman–Crippen LogP) is 4.09. The summed E-state index contributed by atoms with van der Waals surface area (Å²) in [6.07, 6.45) is 0.868. The molecular formula is C21H20FNO6. The summed E-state index contributed by atoms with van der Waals surface area (Å²) in [6, 6.07) is 8.06. The van der Waals surface area contributed by atoms with Crippen LogP contribution in [0.1, 0.15) is 41.1 Å². The number of rotatable bonds is 6. The van der Waals surface area contributed by atoms with Crippen molar-refractivity contribution in [2.24, 2.45) is 5.92 Å². The number of methoxy groups -OCH3 is 2. The fourth-order valence-corrected chi connectivity index (χ4v) is 3.70. The second-order valence-electron chi connectivity index (χ2n) is 6.93. The van der Waals surface area contributed by atoms with Crippen LogP contribution in [-0.2, 0) is 4.79 Å². The molecule has 29 heavy (non-hydrogen) atoms. The number of halogens is 1. The zero-order valence-electron chi connectivity index (χ0n) is 16.0. The van der Waals surface area contributed by atoms with Crippen molar-refractivity contribution in [2.45, 2.75) is 25.2 Å². The van der Waals surface area contributed by atoms with Crippen LogP contribution in [0.5, 0.6) is 11.5 Å². The number of hydrogen-bond donors (Lipinski definition) is 0. The Morgan fingerprint density at radius 3 is 2.31 bits per heavy atom. The number of hydrogen-bond acceptors (Lipinski definition) is 6. The van der Waals surface area contributed by atoms with Gasteiger partial charge in [-0.05, 0) is 48.6 Å². The molecule has 0 saturated heterocycles. The standard InChI is InChI=1S/C21H20FNO6/c1-28-15-7-13(8-16(11-15)29-2)12-3-5-17(20(24)9-12)21(25)18-10-14(22)4-6-19(18)23(26)27/h4,6-8,10-12,17H,3,5,9H2,1-2H3. The van der Waals surface area contributed by atoms with Crippen molar-refractivity contribution in [3.05, 3.63) is 63.5 Å². The average Bonchev–Trinajstić information content (AvgIpc) is 2.72. The molecule has 8 heteroatoms. The van der Waals surface area contributed by atoms with E-state index in [1.165, 1.54) is 14.2 Å². The van der Waals surface area contributed by atoms with Crippen molar-refractivity contribution < 1.29 is 28.4 Å². The Hall–Kier alpha value is -3.29. The summed E-state index contributed by atoms with van der Waals surface area (Å²) in [7, 11) is 3.07. The molecule has 1 fully saturated rings. The van der Waals surface area contributed by atoms with Gasteiger partial charge in [-0.15, -0.1) is 0 Å². The Morgan fingerprint density at radius 2 is 1.76 bits per heavy atom. The lowest BCUT2D eigenvalue weighted by molar-refractivity contribution is -0.385. The number of nitro groups is 1. The van der Waals surface area contributed by atoms with E-state index in [1.54, 1.807) is 6.07 Å². The smallest absolute Gasteiger partial charge is 0.280 e. The second-order valence-corrected chi connectivity index (χ2v) is 6.93. The highest BCUT2D eigenvalue weighted by molar-refractivity contribution is 6.13. The molecule has 1 saturated carbocycles. The maximum atomic E-state index is 13.6. The monoisotopic (exact) mass is 401 g/mol. The molecule has 0 aromatic heterocycles. The van der Waals surface area contributed by atoms with Crippen LogP contribution in [0.2, 0.25) is 0 Å². The first-order chi connectivity index (χ1) is 13.8. The maximum Gasteiger partial charge on any atom is 0.280 e. The van der Waals surface area contributed by atoms with Gasteiger partial charge >= 0.3 is 0 Å². The van der Waals surface area contributed by atoms with Gasteiger partial charge in [-0.25, -0.2) is 4.39 Å². The SMILES string of the molecule is COc1cc(OC)cc(C2CCC(C(=O)c3cc(F)ccc3[N+](=O)[O-])C(=O)C2)c1. The Bertz CT molecular complexity index is 951. The van der Waals surface area contributed by atoms with E-state index in [1.807, 2.05) is 12.1 Å². The number of ether oxygens (including phenoxy) is 2. The lowest BCUT2D eigenvalue weighted by atomic mass is 9.75. The molecule has 7 nitrogen and oxygen atoms in total. The third-order valence-corrected chi connectivity index (χ3v) is 5.22. The molecular weight excluding hydrogens is 381 g/mol. The molecule has 1 aliphatic carbocycles. The Labute approximate surface area is 166 Å². The summed E-state index contributed by atoms with van der Waals surface area (Å²) in [5.41, 5.74) is -0.00381. The summed E-state index contributed by atoms with van der Waals surface area (Å²) in [5.74, 6) is -1.73. The molecule has 0 aliphatic heterocycles. The zero-order valence-corrected chi connectivity index (χ0v) is 16.0. The van der Waals surface area contributed by atoms with Crippen LogP contribution in [0, 0.1) is 21.8 Å². The van der Waals surface area contributed by atoms with Gasteiger partial charge in [0.25, 0.3) is 5.69 Å². The fraction of sp³-hybridized carbons (Fsp3) is 0.333. The predicted molar refractivity (Wildman–Crippen MR) is 102 cm³/mol. The van der Waals surface area contributed by atoms with Gasteiger partial charge in [0.2, 0.25) is 0 Å². The molecule has 2 aromatic rings. The molecule has 0 radical (unpaired) electrons. The summed E-state index contributed by atoms with van der Waals surface area (Å²) >= 11 is 0. The van der Waals surface area contributed by atoms with Crippen molar-refractivity contribution in [1.29, 1.82) is 0 Å². The van der Waals surface area contributed by atoms with Crippen LogP contribution in [0.25, 0.3) is 0 Å². The van der Waals surface area contributed by atoms with Crippen LogP contribution in [0.15, 0.2) is 36.4 Å². The highest BCUT2D eigenvalue weighted by atomic mass is 19.1. The molecule has 0 bridgehead atoms. The largest absolute Gasteiger partial charge is 0.497 e. The minimum absolute atomic E-state index is 0.107. The molecule has 3 rings (SSSR count). The number of nitro benzene ring substituents is 1. The van der Waals surface area contributed by atoms with E-state index >= 15 is 0 Å². The summed E-state index contributed by atoms with van der Waals surface area (Å²) < 4.78 is 24.1. The summed E-state index contributed by atoms with van der Waals surface area (Å²) in [6.45, 7) is 0. The highest BCUT2D eigenvalue weighted by Gasteiger charge is 2.37. The molecule has 0 amide bonds. The van der Waals surface area contributed by atoms with Gasteiger partial charge in [0.1, 0.15) is 23.1 Å². The van der Waals surface area contributed by atoms with E-state index in [0.717, 1.165) is 23.8 Å². The van der Waals surface area contributed by atoms with Gasteiger partial charge in [0.05, 0.1) is 30.6 Å². The highest BCUT2D eigenvalue weighted by Crippen LogP contribution is 2.38. The quantitative estimate of drug-likeness (QED) is 0.313. The van der Waals surface area contributed by atoms with Crippen molar-refractivity contribution in [2.75, 3.05) is 14.2 Å². The van der Waals surface area contributed by atoms with Crippen molar-refractivity contribution in [3.63, 3.8) is 0 Å². The van der Waals surface area contributed by atoms with Crippen LogP contribution in [0.4, 0.5) is 10.1 Å². The maximum absolute atomic E-state index is 13.6. The molecule has 0 spiro atoms. The molecule has 0 N–H and O–H groups in total. The molecule has 2 aromatic carbocycles. The Balaban J connectivity index is 1.83. The minimum Gasteiger partial charge on any atom is -0.497 e. The molecule has 152 valence electrons. The van der Waals surface area contributed by atoms with E-state index < -0.39 is 28.1 Å². The average molecular weight is 401 g/mol. The Morgan fingerprint density at radius 1 is 1.10 bits per heavy atom. The second kappa shape index (κ2) is 8.38. The van der Waals surface area contributed by atoms with E-state index in [0.29, 0.717) is 17.9 Å². The first-order valence-corrected chi connectivity index (χ1v) is 9.08. The summed E-state index contributed by atoms with van der Waals surface area (Å²) in [5, 5.41) is 11.2. The lowest BCUT2D eigenvalue weighted by Crippen LogP contribution is -2.31. The van der Waals surface area contributed by atoms with Gasteiger partial charge in [-0.3, -0.25) is 19.7 Å². The van der Waals surface area contributed by atoms with Crippen molar-refractivity contribution >= 4 is 17.3 Å². The first-order valence-electron chi connectivity index (χ1n) is 9.08. The van der Waals surface area contributed by atoms with Gasteiger partial charge in [0, 0.05) is 18.6 Å². The summed E-state index contributed by atoms with van der Waals surface area (Å²) in [4.78, 5) is 36.0. The van der Waals surface area contributed by atoms with Crippen molar-refractivity contribution in [3.8, 4) is 11.5 Å². The fourth-order valence-electron chi connectivity index (χ4n) is 3.70. The van der Waals surface area contributed by atoms with Crippen LogP contribution in [0.3, 0.4) is 0 Å². The number of nitrogens with zero attached hydrogens (tertiary/aromatic N) is 1. The van der Waals surface area contributed by atoms with E-state index in [2.05, 4.69) is 0 Å². The van der Waals surface area contributed by atoms with Crippen molar-refractivity contribution in [1.82, 2.24) is 0 Å². The van der Waals surface area contributed by atoms with Crippen LogP contribution in [-0.4, -0.2) is 30.7 Å². The topological polar surface area (TPSA) is 95.7 Å². The molecule has 2 atom stereocenters. The van der Waals surface area contributed by atoms with Crippen LogP contribution < -0.4 is 9.47 Å². The number of ketones is 2.